The number of benzene rings is 1. The molecule has 7 heteroatoms. The lowest BCUT2D eigenvalue weighted by atomic mass is 9.95. The minimum absolute atomic E-state index is 0.0138. The first kappa shape index (κ1) is 19.6. The Balaban J connectivity index is 1.28. The highest BCUT2D eigenvalue weighted by molar-refractivity contribution is 5.86. The van der Waals surface area contributed by atoms with Gasteiger partial charge >= 0.3 is 0 Å². The van der Waals surface area contributed by atoms with Gasteiger partial charge in [0.05, 0.1) is 23.0 Å². The first-order valence-electron chi connectivity index (χ1n) is 11.2. The minimum atomic E-state index is -0.587. The van der Waals surface area contributed by atoms with Gasteiger partial charge in [-0.3, -0.25) is 4.98 Å². The number of aryl methyl sites for hydroxylation is 1. The van der Waals surface area contributed by atoms with Crippen LogP contribution in [-0.4, -0.2) is 37.5 Å². The standard InChI is InChI=1S/C25H27N5O2/c1-25(2)31-21-17(8-6-15-5-7-16-4-3-10-27-19(16)12-15)13-20(22(21)32-25)30-11-9-18-23(26)28-14-29-24(18)30/h3-5,7,9-12,14,17,20-22H,6,8,13H2,1-2H3,(H2,26,28,29)/t17?,20-,21-,22+/m1/s1. The summed E-state index contributed by atoms with van der Waals surface area (Å²) in [5, 5.41) is 2.06. The summed E-state index contributed by atoms with van der Waals surface area (Å²) >= 11 is 0. The molecule has 4 heterocycles. The number of rotatable bonds is 4. The van der Waals surface area contributed by atoms with E-state index in [1.165, 1.54) is 17.3 Å². The van der Waals surface area contributed by atoms with E-state index in [1.54, 1.807) is 0 Å². The average molecular weight is 430 g/mol. The molecule has 0 bridgehead atoms. The fraction of sp³-hybridized carbons (Fsp3) is 0.400. The fourth-order valence-electron chi connectivity index (χ4n) is 5.49. The Bertz CT molecular complexity index is 1300. The molecule has 7 nitrogen and oxygen atoms in total. The molecule has 2 N–H and O–H groups in total. The molecule has 1 saturated carbocycles. The van der Waals surface area contributed by atoms with Crippen LogP contribution < -0.4 is 5.73 Å². The maximum absolute atomic E-state index is 6.40. The van der Waals surface area contributed by atoms with Gasteiger partial charge in [0.2, 0.25) is 0 Å². The smallest absolute Gasteiger partial charge is 0.163 e. The van der Waals surface area contributed by atoms with Crippen molar-refractivity contribution in [1.29, 1.82) is 0 Å². The molecule has 4 aromatic rings. The van der Waals surface area contributed by atoms with Gasteiger partial charge in [-0.05, 0) is 62.8 Å². The van der Waals surface area contributed by atoms with Crippen LogP contribution in [0.5, 0.6) is 0 Å². The Hall–Kier alpha value is -3.03. The van der Waals surface area contributed by atoms with Crippen LogP contribution in [0.25, 0.3) is 21.9 Å². The molecule has 2 fully saturated rings. The predicted molar refractivity (Wildman–Crippen MR) is 123 cm³/mol. The van der Waals surface area contributed by atoms with Crippen molar-refractivity contribution >= 4 is 27.8 Å². The van der Waals surface area contributed by atoms with E-state index in [-0.39, 0.29) is 18.2 Å². The molecular weight excluding hydrogens is 402 g/mol. The van der Waals surface area contributed by atoms with Crippen LogP contribution in [0.1, 0.15) is 38.3 Å². The topological polar surface area (TPSA) is 88.1 Å². The Morgan fingerprint density at radius 3 is 2.88 bits per heavy atom. The lowest BCUT2D eigenvalue weighted by molar-refractivity contribution is -0.160. The first-order chi connectivity index (χ1) is 15.5. The molecule has 164 valence electrons. The predicted octanol–water partition coefficient (Wildman–Crippen LogP) is 4.28. The lowest BCUT2D eigenvalue weighted by Crippen LogP contribution is -2.27. The second kappa shape index (κ2) is 7.25. The van der Waals surface area contributed by atoms with Crippen LogP contribution in [0.2, 0.25) is 0 Å². The average Bonchev–Trinajstić information content (AvgIpc) is 3.44. The van der Waals surface area contributed by atoms with E-state index in [0.717, 1.165) is 35.8 Å². The third-order valence-corrected chi connectivity index (χ3v) is 6.92. The van der Waals surface area contributed by atoms with Crippen LogP contribution >= 0.6 is 0 Å². The summed E-state index contributed by atoms with van der Waals surface area (Å²) in [5.74, 6) is 0.312. The molecule has 6 rings (SSSR count). The Morgan fingerprint density at radius 1 is 1.09 bits per heavy atom. The maximum atomic E-state index is 6.40. The molecule has 1 saturated heterocycles. The van der Waals surface area contributed by atoms with E-state index >= 15 is 0 Å². The van der Waals surface area contributed by atoms with Gasteiger partial charge in [-0.1, -0.05) is 18.2 Å². The SMILES string of the molecule is CC1(C)O[C@@H]2[C@H](O1)C(CCc1ccc3cccnc3c1)C[C@H]2n1ccc2c(N)ncnc21. The van der Waals surface area contributed by atoms with Crippen molar-refractivity contribution in [3.8, 4) is 0 Å². The number of nitrogens with zero attached hydrogens (tertiary/aromatic N) is 4. The van der Waals surface area contributed by atoms with E-state index in [0.29, 0.717) is 11.7 Å². The Kier molecular flexibility index (Phi) is 4.45. The number of nitrogens with two attached hydrogens (primary N) is 1. The van der Waals surface area contributed by atoms with Gasteiger partial charge in [0.25, 0.3) is 0 Å². The number of ether oxygens (including phenoxy) is 2. The summed E-state index contributed by atoms with van der Waals surface area (Å²) < 4.78 is 15.0. The third-order valence-electron chi connectivity index (χ3n) is 6.92. The van der Waals surface area contributed by atoms with E-state index in [2.05, 4.69) is 50.0 Å². The van der Waals surface area contributed by atoms with Crippen LogP contribution in [-0.2, 0) is 15.9 Å². The van der Waals surface area contributed by atoms with Gasteiger partial charge in [-0.2, -0.15) is 0 Å². The quantitative estimate of drug-likeness (QED) is 0.521. The third kappa shape index (κ3) is 3.24. The fourth-order valence-corrected chi connectivity index (χ4v) is 5.49. The summed E-state index contributed by atoms with van der Waals surface area (Å²) in [4.78, 5) is 13.1. The second-order valence-corrected chi connectivity index (χ2v) is 9.42. The van der Waals surface area contributed by atoms with Crippen molar-refractivity contribution in [3.63, 3.8) is 0 Å². The highest BCUT2D eigenvalue weighted by atomic mass is 16.8. The van der Waals surface area contributed by atoms with E-state index in [9.17, 15) is 0 Å². The second-order valence-electron chi connectivity index (χ2n) is 9.42. The van der Waals surface area contributed by atoms with Crippen molar-refractivity contribution in [1.82, 2.24) is 19.5 Å². The maximum Gasteiger partial charge on any atom is 0.163 e. The summed E-state index contributed by atoms with van der Waals surface area (Å²) in [6, 6.07) is 12.8. The van der Waals surface area contributed by atoms with Crippen LogP contribution in [0, 0.1) is 5.92 Å². The molecule has 4 atom stereocenters. The zero-order valence-corrected chi connectivity index (χ0v) is 18.3. The normalized spacial score (nSPS) is 26.7. The van der Waals surface area contributed by atoms with Crippen LogP contribution in [0.4, 0.5) is 5.82 Å². The molecule has 1 aromatic carbocycles. The molecule has 3 aromatic heterocycles. The molecule has 0 spiro atoms. The highest BCUT2D eigenvalue weighted by Crippen LogP contribution is 2.49. The summed E-state index contributed by atoms with van der Waals surface area (Å²) in [5.41, 5.74) is 9.28. The van der Waals surface area contributed by atoms with Gasteiger partial charge in [-0.25, -0.2) is 9.97 Å². The number of hydrogen-bond acceptors (Lipinski definition) is 6. The van der Waals surface area contributed by atoms with E-state index < -0.39 is 5.79 Å². The lowest BCUT2D eigenvalue weighted by Gasteiger charge is -2.24. The summed E-state index contributed by atoms with van der Waals surface area (Å²) in [6.45, 7) is 4.00. The van der Waals surface area contributed by atoms with Crippen molar-refractivity contribution in [3.05, 3.63) is 60.7 Å². The number of anilines is 1. The summed E-state index contributed by atoms with van der Waals surface area (Å²) in [6.07, 6.45) is 8.48. The molecule has 32 heavy (non-hydrogen) atoms. The largest absolute Gasteiger partial charge is 0.383 e. The number of pyridine rings is 1. The van der Waals surface area contributed by atoms with E-state index in [4.69, 9.17) is 15.2 Å². The highest BCUT2D eigenvalue weighted by Gasteiger charge is 2.54. The van der Waals surface area contributed by atoms with Gasteiger partial charge < -0.3 is 19.8 Å². The van der Waals surface area contributed by atoms with Gasteiger partial charge in [0, 0.05) is 17.8 Å². The number of fused-ring (bicyclic) bond motifs is 3. The van der Waals surface area contributed by atoms with Crippen LogP contribution in [0.15, 0.2) is 55.1 Å². The zero-order chi connectivity index (χ0) is 21.9. The molecule has 1 aliphatic heterocycles. The van der Waals surface area contributed by atoms with Crippen molar-refractivity contribution < 1.29 is 9.47 Å². The Morgan fingerprint density at radius 2 is 1.97 bits per heavy atom. The molecular formula is C25H27N5O2. The number of aromatic nitrogens is 4. The van der Waals surface area contributed by atoms with Crippen molar-refractivity contribution in [2.45, 2.75) is 57.1 Å². The first-order valence-corrected chi connectivity index (χ1v) is 11.2. The monoisotopic (exact) mass is 429 g/mol. The summed E-state index contributed by atoms with van der Waals surface area (Å²) in [7, 11) is 0. The minimum Gasteiger partial charge on any atom is -0.383 e. The van der Waals surface area contributed by atoms with Crippen LogP contribution in [0.3, 0.4) is 0 Å². The molecule has 2 aliphatic rings. The molecule has 0 amide bonds. The van der Waals surface area contributed by atoms with Gasteiger partial charge in [-0.15, -0.1) is 0 Å². The Labute approximate surface area is 186 Å². The van der Waals surface area contributed by atoms with Crippen molar-refractivity contribution in [2.75, 3.05) is 5.73 Å². The van der Waals surface area contributed by atoms with Gasteiger partial charge in [0.15, 0.2) is 5.79 Å². The number of hydrogen-bond donors (Lipinski definition) is 1. The van der Waals surface area contributed by atoms with E-state index in [1.807, 2.05) is 32.2 Å². The molecule has 0 radical (unpaired) electrons. The molecule has 1 unspecified atom stereocenters. The zero-order valence-electron chi connectivity index (χ0n) is 18.3. The van der Waals surface area contributed by atoms with Gasteiger partial charge in [0.1, 0.15) is 23.9 Å². The number of nitrogen functional groups attached to an aromatic ring is 1. The molecule has 1 aliphatic carbocycles. The van der Waals surface area contributed by atoms with Crippen molar-refractivity contribution in [2.24, 2.45) is 5.92 Å².